The molecule has 1 N–H and O–H groups in total. The molecular formula is C18H12FN3O4. The Morgan fingerprint density at radius 1 is 1.38 bits per heavy atom. The summed E-state index contributed by atoms with van der Waals surface area (Å²) >= 11 is 0. The van der Waals surface area contributed by atoms with E-state index in [1.165, 1.54) is 23.1 Å². The third-order valence-corrected chi connectivity index (χ3v) is 4.32. The first-order valence-electron chi connectivity index (χ1n) is 7.73. The Morgan fingerprint density at radius 2 is 2.23 bits per heavy atom. The number of carbonyl (C=O) groups is 1. The zero-order valence-corrected chi connectivity index (χ0v) is 13.4. The lowest BCUT2D eigenvalue weighted by Gasteiger charge is -2.24. The molecule has 26 heavy (non-hydrogen) atoms. The molecule has 2 heterocycles. The number of amides is 1. The molecule has 0 fully saturated rings. The molecule has 0 unspecified atom stereocenters. The van der Waals surface area contributed by atoms with Gasteiger partial charge in [-0.15, -0.1) is 0 Å². The maximum Gasteiger partial charge on any atom is 0.281 e. The summed E-state index contributed by atoms with van der Waals surface area (Å²) in [5.74, 6) is -0.574. The van der Waals surface area contributed by atoms with Crippen molar-refractivity contribution < 1.29 is 23.9 Å². The summed E-state index contributed by atoms with van der Waals surface area (Å²) in [6.45, 7) is 0.254. The summed E-state index contributed by atoms with van der Waals surface area (Å²) in [7, 11) is 0. The fourth-order valence-electron chi connectivity index (χ4n) is 3.25. The topological polar surface area (TPSA) is 95.1 Å². The van der Waals surface area contributed by atoms with E-state index in [9.17, 15) is 19.7 Å². The summed E-state index contributed by atoms with van der Waals surface area (Å²) in [5.41, 5.74) is 1.71. The molecule has 2 aliphatic heterocycles. The minimum Gasteiger partial charge on any atom is -0.467 e. The highest BCUT2D eigenvalue weighted by Crippen LogP contribution is 2.36. The van der Waals surface area contributed by atoms with E-state index in [4.69, 9.17) is 9.47 Å². The van der Waals surface area contributed by atoms with Crippen LogP contribution in [-0.2, 0) is 22.7 Å². The van der Waals surface area contributed by atoms with Gasteiger partial charge in [0, 0.05) is 11.1 Å². The number of oxime groups is 1. The van der Waals surface area contributed by atoms with Gasteiger partial charge in [0.2, 0.25) is 0 Å². The van der Waals surface area contributed by atoms with Crippen molar-refractivity contribution in [2.24, 2.45) is 5.16 Å². The van der Waals surface area contributed by atoms with E-state index in [2.05, 4.69) is 5.16 Å². The second-order valence-electron chi connectivity index (χ2n) is 5.82. The van der Waals surface area contributed by atoms with Gasteiger partial charge >= 0.3 is 0 Å². The maximum atomic E-state index is 14.0. The molecule has 7 nitrogen and oxygen atoms in total. The van der Waals surface area contributed by atoms with Gasteiger partial charge in [-0.2, -0.15) is 5.26 Å². The molecule has 0 aliphatic carbocycles. The van der Waals surface area contributed by atoms with Crippen molar-refractivity contribution in [3.05, 3.63) is 58.4 Å². The van der Waals surface area contributed by atoms with Crippen LogP contribution < -0.4 is 9.64 Å². The number of fused-ring (bicyclic) bond motifs is 2. The molecule has 0 saturated carbocycles. The smallest absolute Gasteiger partial charge is 0.281 e. The van der Waals surface area contributed by atoms with Gasteiger partial charge < -0.3 is 19.6 Å². The number of rotatable bonds is 2. The Balaban J connectivity index is 1.81. The van der Waals surface area contributed by atoms with Crippen LogP contribution in [0.3, 0.4) is 0 Å². The van der Waals surface area contributed by atoms with Crippen LogP contribution >= 0.6 is 0 Å². The van der Waals surface area contributed by atoms with E-state index in [1.807, 2.05) is 6.07 Å². The highest BCUT2D eigenvalue weighted by molar-refractivity contribution is 6.54. The quantitative estimate of drug-likeness (QED) is 0.660. The molecule has 0 radical (unpaired) electrons. The van der Waals surface area contributed by atoms with E-state index in [-0.39, 0.29) is 36.8 Å². The number of nitrogens with zero attached hydrogens (tertiary/aromatic N) is 3. The Hall–Kier alpha value is -3.44. The first-order valence-corrected chi connectivity index (χ1v) is 7.73. The normalized spacial score (nSPS) is 16.8. The maximum absolute atomic E-state index is 14.0. The molecule has 2 aliphatic rings. The van der Waals surface area contributed by atoms with Crippen molar-refractivity contribution in [2.45, 2.75) is 13.2 Å². The van der Waals surface area contributed by atoms with Crippen LogP contribution in [0.4, 0.5) is 10.1 Å². The number of benzene rings is 2. The summed E-state index contributed by atoms with van der Waals surface area (Å²) in [6, 6.07) is 9.40. The molecule has 0 bridgehead atoms. The van der Waals surface area contributed by atoms with Crippen LogP contribution in [0.5, 0.6) is 5.75 Å². The van der Waals surface area contributed by atoms with Crippen molar-refractivity contribution in [2.75, 3.05) is 11.7 Å². The van der Waals surface area contributed by atoms with E-state index in [0.29, 0.717) is 22.6 Å². The molecule has 2 aromatic rings. The van der Waals surface area contributed by atoms with Crippen molar-refractivity contribution >= 4 is 17.3 Å². The van der Waals surface area contributed by atoms with Crippen molar-refractivity contribution in [1.82, 2.24) is 0 Å². The fourth-order valence-corrected chi connectivity index (χ4v) is 3.25. The van der Waals surface area contributed by atoms with Gasteiger partial charge in [-0.3, -0.25) is 4.79 Å². The predicted octanol–water partition coefficient (Wildman–Crippen LogP) is 2.29. The number of halogens is 1. The minimum absolute atomic E-state index is 0.000170. The van der Waals surface area contributed by atoms with E-state index < -0.39 is 11.7 Å². The average molecular weight is 353 g/mol. The lowest BCUT2D eigenvalue weighted by molar-refractivity contribution is -0.112. The van der Waals surface area contributed by atoms with Crippen LogP contribution in [0.15, 0.2) is 35.5 Å². The van der Waals surface area contributed by atoms with Crippen molar-refractivity contribution in [1.29, 1.82) is 5.26 Å². The number of anilines is 1. The monoisotopic (exact) mass is 353 g/mol. The molecular weight excluding hydrogens is 341 g/mol. The van der Waals surface area contributed by atoms with E-state index in [1.54, 1.807) is 12.1 Å². The Labute approximate surface area is 147 Å². The highest BCUT2D eigenvalue weighted by atomic mass is 19.1. The largest absolute Gasteiger partial charge is 0.467 e. The molecule has 4 rings (SSSR count). The van der Waals surface area contributed by atoms with Gasteiger partial charge in [-0.25, -0.2) is 4.39 Å². The molecule has 2 aromatic carbocycles. The molecule has 130 valence electrons. The van der Waals surface area contributed by atoms with Gasteiger partial charge in [0.25, 0.3) is 5.91 Å². The summed E-state index contributed by atoms with van der Waals surface area (Å²) in [4.78, 5) is 14.0. The molecule has 1 amide bonds. The molecule has 0 spiro atoms. The highest BCUT2D eigenvalue weighted by Gasteiger charge is 2.37. The Morgan fingerprint density at radius 3 is 3.00 bits per heavy atom. The number of nitriles is 1. The van der Waals surface area contributed by atoms with Crippen molar-refractivity contribution in [3.63, 3.8) is 0 Å². The van der Waals surface area contributed by atoms with E-state index >= 15 is 0 Å². The summed E-state index contributed by atoms with van der Waals surface area (Å²) in [5, 5.41) is 21.6. The zero-order valence-electron chi connectivity index (χ0n) is 13.4. The van der Waals surface area contributed by atoms with E-state index in [0.717, 1.165) is 0 Å². The SMILES string of the molecule is N#Cc1cccc2c1/C(=N/O)C(=O)N2Cc1cc(F)cc2c1OCOC2. The second-order valence-corrected chi connectivity index (χ2v) is 5.82. The van der Waals surface area contributed by atoms with Crippen molar-refractivity contribution in [3.8, 4) is 11.8 Å². The van der Waals surface area contributed by atoms with Gasteiger partial charge in [0.05, 0.1) is 36.0 Å². The molecule has 8 heteroatoms. The number of carbonyl (C=O) groups excluding carboxylic acids is 1. The average Bonchev–Trinajstić information content (AvgIpc) is 2.93. The third-order valence-electron chi connectivity index (χ3n) is 4.32. The van der Waals surface area contributed by atoms with Crippen LogP contribution in [0, 0.1) is 17.1 Å². The second kappa shape index (κ2) is 6.13. The van der Waals surface area contributed by atoms with Crippen LogP contribution in [-0.4, -0.2) is 23.6 Å². The Bertz CT molecular complexity index is 997. The molecule has 0 saturated heterocycles. The third kappa shape index (κ3) is 2.37. The Kier molecular flexibility index (Phi) is 3.78. The standard InChI is InChI=1S/C18H12FN3O4/c19-13-4-11(17-12(5-13)8-25-9-26-17)7-22-14-3-1-2-10(6-20)15(14)16(21-24)18(22)23/h1-5,24H,7-9H2/b21-16-. The summed E-state index contributed by atoms with van der Waals surface area (Å²) in [6.07, 6.45) is 0. The lowest BCUT2D eigenvalue weighted by Crippen LogP contribution is -2.30. The first kappa shape index (κ1) is 16.1. The van der Waals surface area contributed by atoms with Crippen LogP contribution in [0.1, 0.15) is 22.3 Å². The minimum atomic E-state index is -0.574. The molecule has 0 atom stereocenters. The van der Waals surface area contributed by atoms with Gasteiger partial charge in [0.1, 0.15) is 11.6 Å². The van der Waals surface area contributed by atoms with Crippen LogP contribution in [0.2, 0.25) is 0 Å². The van der Waals surface area contributed by atoms with Gasteiger partial charge in [-0.1, -0.05) is 11.2 Å². The molecule has 0 aromatic heterocycles. The zero-order chi connectivity index (χ0) is 18.3. The predicted molar refractivity (Wildman–Crippen MR) is 87.4 cm³/mol. The number of hydrogen-bond donors (Lipinski definition) is 1. The summed E-state index contributed by atoms with van der Waals surface area (Å²) < 4.78 is 24.6. The number of ether oxygens (including phenoxy) is 2. The fraction of sp³-hybridized carbons (Fsp3) is 0.167. The van der Waals surface area contributed by atoms with Gasteiger partial charge in [0.15, 0.2) is 12.5 Å². The lowest BCUT2D eigenvalue weighted by atomic mass is 10.0. The number of hydrogen-bond acceptors (Lipinski definition) is 6. The van der Waals surface area contributed by atoms with Gasteiger partial charge in [-0.05, 0) is 24.3 Å². The van der Waals surface area contributed by atoms with Crippen LogP contribution in [0.25, 0.3) is 0 Å². The first-order chi connectivity index (χ1) is 12.6.